The number of carbonyl (C=O) groups excluding carboxylic acids is 1. The summed E-state index contributed by atoms with van der Waals surface area (Å²) in [7, 11) is 0. The van der Waals surface area contributed by atoms with Crippen molar-refractivity contribution < 1.29 is 14.1 Å². The van der Waals surface area contributed by atoms with Crippen molar-refractivity contribution in [3.63, 3.8) is 0 Å². The Kier molecular flexibility index (Phi) is 5.20. The van der Waals surface area contributed by atoms with Gasteiger partial charge in [0.25, 0.3) is 0 Å². The van der Waals surface area contributed by atoms with Crippen LogP contribution < -0.4 is 10.1 Å². The minimum atomic E-state index is -0.0111. The maximum absolute atomic E-state index is 12.2. The number of nitrogens with one attached hydrogen (secondary N) is 2. The third-order valence-electron chi connectivity index (χ3n) is 4.67. The number of fused-ring (bicyclic) bond motifs is 1. The monoisotopic (exact) mass is 388 g/mol. The standard InChI is InChI=1S/C19H21ClN4O3/c20-16-9-13-8-15(11-21-19(25)24-5-2-1-3-6-24)22-17(13)10-18(16)26-12-14-4-7-27-23-14/h4,7-10,22H,1-3,5-6,11-12H2,(H,21,25). The first-order chi connectivity index (χ1) is 13.2. The number of rotatable bonds is 5. The Hall–Kier alpha value is -2.67. The normalized spacial score (nSPS) is 14.5. The van der Waals surface area contributed by atoms with E-state index in [1.807, 2.05) is 23.1 Å². The molecule has 142 valence electrons. The molecule has 1 aliphatic heterocycles. The Bertz CT molecular complexity index is 917. The number of halogens is 1. The van der Waals surface area contributed by atoms with Crippen molar-refractivity contribution in [3.05, 3.63) is 46.9 Å². The lowest BCUT2D eigenvalue weighted by Crippen LogP contribution is -2.42. The fourth-order valence-corrected chi connectivity index (χ4v) is 3.47. The summed E-state index contributed by atoms with van der Waals surface area (Å²) in [5, 5.41) is 8.28. The highest BCUT2D eigenvalue weighted by Crippen LogP contribution is 2.31. The largest absolute Gasteiger partial charge is 0.486 e. The highest BCUT2D eigenvalue weighted by molar-refractivity contribution is 6.32. The van der Waals surface area contributed by atoms with Gasteiger partial charge in [-0.1, -0.05) is 16.8 Å². The Morgan fingerprint density at radius 1 is 1.30 bits per heavy atom. The quantitative estimate of drug-likeness (QED) is 0.689. The summed E-state index contributed by atoms with van der Waals surface area (Å²) in [6.07, 6.45) is 4.86. The lowest BCUT2D eigenvalue weighted by atomic mass is 10.1. The number of H-pyrrole nitrogens is 1. The predicted octanol–water partition coefficient (Wildman–Crippen LogP) is 4.08. The van der Waals surface area contributed by atoms with Crippen LogP contribution in [0.25, 0.3) is 10.9 Å². The summed E-state index contributed by atoms with van der Waals surface area (Å²) in [6, 6.07) is 7.42. The fourth-order valence-electron chi connectivity index (χ4n) is 3.24. The number of benzene rings is 1. The van der Waals surface area contributed by atoms with E-state index in [0.29, 0.717) is 23.0 Å². The van der Waals surface area contributed by atoms with Gasteiger partial charge in [-0.3, -0.25) is 0 Å². The Morgan fingerprint density at radius 3 is 2.93 bits per heavy atom. The molecule has 0 aliphatic carbocycles. The van der Waals surface area contributed by atoms with E-state index in [-0.39, 0.29) is 12.6 Å². The first-order valence-electron chi connectivity index (χ1n) is 9.05. The van der Waals surface area contributed by atoms with E-state index in [1.165, 1.54) is 12.7 Å². The van der Waals surface area contributed by atoms with Crippen molar-refractivity contribution in [1.82, 2.24) is 20.4 Å². The van der Waals surface area contributed by atoms with Gasteiger partial charge in [0, 0.05) is 41.8 Å². The number of ether oxygens (including phenoxy) is 1. The Labute approximate surface area is 161 Å². The summed E-state index contributed by atoms with van der Waals surface area (Å²) in [5.41, 5.74) is 2.51. The number of nitrogens with zero attached hydrogens (tertiary/aromatic N) is 2. The van der Waals surface area contributed by atoms with E-state index < -0.39 is 0 Å². The molecule has 0 atom stereocenters. The molecule has 7 nitrogen and oxygen atoms in total. The van der Waals surface area contributed by atoms with Gasteiger partial charge < -0.3 is 24.5 Å². The van der Waals surface area contributed by atoms with Gasteiger partial charge in [0.05, 0.1) is 11.6 Å². The van der Waals surface area contributed by atoms with Crippen LogP contribution in [0.15, 0.2) is 35.1 Å². The van der Waals surface area contributed by atoms with E-state index in [2.05, 4.69) is 15.5 Å². The van der Waals surface area contributed by atoms with Gasteiger partial charge in [-0.05, 0) is 31.4 Å². The number of carbonyl (C=O) groups is 1. The molecule has 27 heavy (non-hydrogen) atoms. The maximum Gasteiger partial charge on any atom is 0.317 e. The van der Waals surface area contributed by atoms with Crippen LogP contribution in [0.2, 0.25) is 5.02 Å². The zero-order valence-electron chi connectivity index (χ0n) is 14.8. The van der Waals surface area contributed by atoms with Crippen molar-refractivity contribution in [2.24, 2.45) is 0 Å². The predicted molar refractivity (Wildman–Crippen MR) is 102 cm³/mol. The zero-order chi connectivity index (χ0) is 18.6. The number of piperidine rings is 1. The SMILES string of the molecule is O=C(NCc1cc2cc(Cl)c(OCc3ccon3)cc2[nH]1)N1CCCCC1. The van der Waals surface area contributed by atoms with E-state index >= 15 is 0 Å². The molecule has 2 N–H and O–H groups in total. The number of aromatic nitrogens is 2. The number of urea groups is 1. The van der Waals surface area contributed by atoms with Gasteiger partial charge >= 0.3 is 6.03 Å². The fraction of sp³-hybridized carbons (Fsp3) is 0.368. The lowest BCUT2D eigenvalue weighted by molar-refractivity contribution is 0.186. The van der Waals surface area contributed by atoms with Crippen LogP contribution in [0.1, 0.15) is 30.7 Å². The first kappa shape index (κ1) is 17.7. The Morgan fingerprint density at radius 2 is 2.15 bits per heavy atom. The molecule has 1 aliphatic rings. The Balaban J connectivity index is 1.41. The average Bonchev–Trinajstić information content (AvgIpc) is 3.34. The molecule has 4 rings (SSSR count). The van der Waals surface area contributed by atoms with E-state index in [0.717, 1.165) is 42.5 Å². The number of likely N-dealkylation sites (tertiary alicyclic amines) is 1. The highest BCUT2D eigenvalue weighted by atomic mass is 35.5. The summed E-state index contributed by atoms with van der Waals surface area (Å²) >= 11 is 6.32. The summed E-state index contributed by atoms with van der Waals surface area (Å²) in [5.74, 6) is 0.568. The minimum Gasteiger partial charge on any atom is -0.486 e. The number of amides is 2. The second kappa shape index (κ2) is 7.92. The molecule has 0 saturated carbocycles. The second-order valence-electron chi connectivity index (χ2n) is 6.65. The van der Waals surface area contributed by atoms with Gasteiger partial charge in [0.2, 0.25) is 0 Å². The minimum absolute atomic E-state index is 0.0111. The molecule has 0 radical (unpaired) electrons. The van der Waals surface area contributed by atoms with Crippen LogP contribution in [0, 0.1) is 0 Å². The number of hydrogen-bond acceptors (Lipinski definition) is 4. The van der Waals surface area contributed by atoms with E-state index in [4.69, 9.17) is 20.9 Å². The maximum atomic E-state index is 12.2. The smallest absolute Gasteiger partial charge is 0.317 e. The summed E-state index contributed by atoms with van der Waals surface area (Å²) in [6.45, 7) is 2.39. The van der Waals surface area contributed by atoms with Crippen LogP contribution in [-0.4, -0.2) is 34.2 Å². The van der Waals surface area contributed by atoms with Gasteiger partial charge in [0.15, 0.2) is 0 Å². The van der Waals surface area contributed by atoms with Gasteiger partial charge in [-0.25, -0.2) is 4.79 Å². The van der Waals surface area contributed by atoms with Crippen LogP contribution >= 0.6 is 11.6 Å². The molecule has 3 aromatic rings. The second-order valence-corrected chi connectivity index (χ2v) is 7.06. The van der Waals surface area contributed by atoms with Crippen LogP contribution in [0.3, 0.4) is 0 Å². The number of hydrogen-bond donors (Lipinski definition) is 2. The molecule has 2 aromatic heterocycles. The van der Waals surface area contributed by atoms with Crippen LogP contribution in [0.4, 0.5) is 4.79 Å². The molecule has 0 spiro atoms. The molecular formula is C19H21ClN4O3. The highest BCUT2D eigenvalue weighted by Gasteiger charge is 2.16. The van der Waals surface area contributed by atoms with Gasteiger partial charge in [-0.2, -0.15) is 0 Å². The average molecular weight is 389 g/mol. The summed E-state index contributed by atoms with van der Waals surface area (Å²) in [4.78, 5) is 17.4. The molecule has 0 unspecified atom stereocenters. The molecule has 1 fully saturated rings. The van der Waals surface area contributed by atoms with Crippen molar-refractivity contribution in [2.45, 2.75) is 32.4 Å². The summed E-state index contributed by atoms with van der Waals surface area (Å²) < 4.78 is 10.5. The molecule has 1 aromatic carbocycles. The van der Waals surface area contributed by atoms with Gasteiger partial charge in [0.1, 0.15) is 24.3 Å². The van der Waals surface area contributed by atoms with Crippen molar-refractivity contribution in [3.8, 4) is 5.75 Å². The van der Waals surface area contributed by atoms with Gasteiger partial charge in [-0.15, -0.1) is 0 Å². The van der Waals surface area contributed by atoms with Crippen LogP contribution in [-0.2, 0) is 13.2 Å². The van der Waals surface area contributed by atoms with E-state index in [1.54, 1.807) is 6.07 Å². The van der Waals surface area contributed by atoms with Crippen LogP contribution in [0.5, 0.6) is 5.75 Å². The van der Waals surface area contributed by atoms with E-state index in [9.17, 15) is 4.79 Å². The molecule has 8 heteroatoms. The zero-order valence-corrected chi connectivity index (χ0v) is 15.6. The van der Waals surface area contributed by atoms with Crippen molar-refractivity contribution in [1.29, 1.82) is 0 Å². The molecular weight excluding hydrogens is 368 g/mol. The molecule has 3 heterocycles. The third-order valence-corrected chi connectivity index (χ3v) is 4.96. The number of aromatic amines is 1. The van der Waals surface area contributed by atoms with Crippen molar-refractivity contribution >= 4 is 28.5 Å². The molecule has 0 bridgehead atoms. The topological polar surface area (TPSA) is 83.4 Å². The first-order valence-corrected chi connectivity index (χ1v) is 9.43. The molecule has 1 saturated heterocycles. The van der Waals surface area contributed by atoms with Crippen molar-refractivity contribution in [2.75, 3.05) is 13.1 Å². The third kappa shape index (κ3) is 4.19. The molecule has 2 amide bonds. The lowest BCUT2D eigenvalue weighted by Gasteiger charge is -2.26.